The van der Waals surface area contributed by atoms with Crippen LogP contribution in [0.4, 0.5) is 0 Å². The summed E-state index contributed by atoms with van der Waals surface area (Å²) in [4.78, 5) is 17.6. The van der Waals surface area contributed by atoms with Crippen LogP contribution >= 0.6 is 15.9 Å². The van der Waals surface area contributed by atoms with Gasteiger partial charge in [-0.15, -0.1) is 0 Å². The number of benzene rings is 2. The second-order valence-electron chi connectivity index (χ2n) is 4.57. The molecule has 100 valence electrons. The van der Waals surface area contributed by atoms with E-state index in [4.69, 9.17) is 4.84 Å². The van der Waals surface area contributed by atoms with Crippen molar-refractivity contribution in [2.24, 2.45) is 5.16 Å². The minimum Gasteiger partial charge on any atom is -0.383 e. The van der Waals surface area contributed by atoms with Crippen molar-refractivity contribution in [2.75, 3.05) is 0 Å². The monoisotopic (exact) mass is 329 g/mol. The van der Waals surface area contributed by atoms with Gasteiger partial charge in [0.15, 0.2) is 6.10 Å². The Morgan fingerprint density at radius 2 is 1.80 bits per heavy atom. The molecule has 1 aliphatic rings. The first kappa shape index (κ1) is 13.1. The molecule has 4 heteroatoms. The maximum atomic E-state index is 12.3. The van der Waals surface area contributed by atoms with Crippen molar-refractivity contribution < 1.29 is 9.63 Å². The number of carbonyl (C=O) groups is 1. The van der Waals surface area contributed by atoms with Crippen molar-refractivity contribution in [3.05, 3.63) is 70.2 Å². The molecule has 0 aromatic heterocycles. The van der Waals surface area contributed by atoms with Gasteiger partial charge < -0.3 is 4.84 Å². The van der Waals surface area contributed by atoms with E-state index in [1.807, 2.05) is 42.5 Å². The fourth-order valence-electron chi connectivity index (χ4n) is 2.12. The van der Waals surface area contributed by atoms with Crippen molar-refractivity contribution in [2.45, 2.75) is 12.5 Å². The molecule has 0 aliphatic carbocycles. The minimum absolute atomic E-state index is 0.0264. The van der Waals surface area contributed by atoms with E-state index in [0.717, 1.165) is 15.7 Å². The van der Waals surface area contributed by atoms with Crippen LogP contribution in [0.2, 0.25) is 0 Å². The molecule has 20 heavy (non-hydrogen) atoms. The number of rotatable bonds is 3. The number of halogens is 1. The topological polar surface area (TPSA) is 38.7 Å². The SMILES string of the molecule is O=C(c1ccccc1)C1CC(c2ccc(Br)cc2)=NO1. The Hall–Kier alpha value is -1.94. The van der Waals surface area contributed by atoms with E-state index in [9.17, 15) is 4.79 Å². The Bertz CT molecular complexity index is 650. The highest BCUT2D eigenvalue weighted by molar-refractivity contribution is 9.10. The highest BCUT2D eigenvalue weighted by Crippen LogP contribution is 2.21. The van der Waals surface area contributed by atoms with Crippen LogP contribution in [0.25, 0.3) is 0 Å². The standard InChI is InChI=1S/C16H12BrNO2/c17-13-8-6-11(7-9-13)14-10-15(20-18-14)16(19)12-4-2-1-3-5-12/h1-9,15H,10H2. The molecule has 0 N–H and O–H groups in total. The fourth-order valence-corrected chi connectivity index (χ4v) is 2.38. The average molecular weight is 330 g/mol. The lowest BCUT2D eigenvalue weighted by Crippen LogP contribution is -2.21. The predicted octanol–water partition coefficient (Wildman–Crippen LogP) is 3.83. The summed E-state index contributed by atoms with van der Waals surface area (Å²) in [6.45, 7) is 0. The average Bonchev–Trinajstić information content (AvgIpc) is 2.98. The van der Waals surface area contributed by atoms with E-state index >= 15 is 0 Å². The molecule has 0 saturated carbocycles. The van der Waals surface area contributed by atoms with Gasteiger partial charge in [0.2, 0.25) is 5.78 Å². The molecule has 3 nitrogen and oxygen atoms in total. The van der Waals surface area contributed by atoms with Crippen molar-refractivity contribution >= 4 is 27.4 Å². The van der Waals surface area contributed by atoms with Gasteiger partial charge >= 0.3 is 0 Å². The maximum Gasteiger partial charge on any atom is 0.206 e. The van der Waals surface area contributed by atoms with Crippen molar-refractivity contribution in [3.8, 4) is 0 Å². The number of hydrogen-bond donors (Lipinski definition) is 0. The number of carbonyl (C=O) groups excluding carboxylic acids is 1. The molecule has 3 rings (SSSR count). The summed E-state index contributed by atoms with van der Waals surface area (Å²) < 4.78 is 1.01. The Labute approximate surface area is 125 Å². The van der Waals surface area contributed by atoms with Gasteiger partial charge in [0.1, 0.15) is 0 Å². The molecule has 1 unspecified atom stereocenters. The van der Waals surface area contributed by atoms with E-state index in [1.165, 1.54) is 0 Å². The van der Waals surface area contributed by atoms with Crippen LogP contribution < -0.4 is 0 Å². The Balaban J connectivity index is 1.73. The van der Waals surface area contributed by atoms with Gasteiger partial charge in [-0.3, -0.25) is 4.79 Å². The molecule has 2 aromatic carbocycles. The number of Topliss-reactive ketones (excluding diaryl/α,β-unsaturated/α-hetero) is 1. The molecule has 0 bridgehead atoms. The van der Waals surface area contributed by atoms with Crippen LogP contribution in [0.15, 0.2) is 64.2 Å². The number of nitrogens with zero attached hydrogens (tertiary/aromatic N) is 1. The molecular formula is C16H12BrNO2. The molecular weight excluding hydrogens is 318 g/mol. The fraction of sp³-hybridized carbons (Fsp3) is 0.125. The third-order valence-electron chi connectivity index (χ3n) is 3.20. The molecule has 2 aromatic rings. The summed E-state index contributed by atoms with van der Waals surface area (Å²) in [5.74, 6) is -0.0264. The molecule has 1 heterocycles. The van der Waals surface area contributed by atoms with Crippen molar-refractivity contribution in [3.63, 3.8) is 0 Å². The van der Waals surface area contributed by atoms with Crippen LogP contribution in [0.3, 0.4) is 0 Å². The Kier molecular flexibility index (Phi) is 3.65. The van der Waals surface area contributed by atoms with Crippen LogP contribution in [-0.4, -0.2) is 17.6 Å². The predicted molar refractivity (Wildman–Crippen MR) is 80.9 cm³/mol. The molecule has 1 aliphatic heterocycles. The molecule has 0 amide bonds. The Morgan fingerprint density at radius 1 is 1.10 bits per heavy atom. The number of ketones is 1. The zero-order chi connectivity index (χ0) is 13.9. The van der Waals surface area contributed by atoms with Gasteiger partial charge in [0.05, 0.1) is 5.71 Å². The minimum atomic E-state index is -0.518. The summed E-state index contributed by atoms with van der Waals surface area (Å²) in [7, 11) is 0. The first-order chi connectivity index (χ1) is 9.74. The van der Waals surface area contributed by atoms with Crippen LogP contribution in [0, 0.1) is 0 Å². The highest BCUT2D eigenvalue weighted by atomic mass is 79.9. The van der Waals surface area contributed by atoms with Gasteiger partial charge in [0.25, 0.3) is 0 Å². The third kappa shape index (κ3) is 2.65. The maximum absolute atomic E-state index is 12.3. The lowest BCUT2D eigenvalue weighted by molar-refractivity contribution is 0.0556. The quantitative estimate of drug-likeness (QED) is 0.803. The smallest absolute Gasteiger partial charge is 0.206 e. The van der Waals surface area contributed by atoms with Gasteiger partial charge in [-0.05, 0) is 17.7 Å². The first-order valence-electron chi connectivity index (χ1n) is 6.32. The van der Waals surface area contributed by atoms with E-state index in [2.05, 4.69) is 21.1 Å². The summed E-state index contributed by atoms with van der Waals surface area (Å²) in [5.41, 5.74) is 2.45. The second kappa shape index (κ2) is 5.59. The van der Waals surface area contributed by atoms with E-state index in [1.54, 1.807) is 12.1 Å². The van der Waals surface area contributed by atoms with Crippen LogP contribution in [-0.2, 0) is 4.84 Å². The largest absolute Gasteiger partial charge is 0.383 e. The molecule has 0 radical (unpaired) electrons. The lowest BCUT2D eigenvalue weighted by atomic mass is 9.99. The molecule has 0 fully saturated rings. The third-order valence-corrected chi connectivity index (χ3v) is 3.73. The summed E-state index contributed by atoms with van der Waals surface area (Å²) >= 11 is 3.39. The summed E-state index contributed by atoms with van der Waals surface area (Å²) in [6, 6.07) is 17.0. The summed E-state index contributed by atoms with van der Waals surface area (Å²) in [5, 5.41) is 4.04. The normalized spacial score (nSPS) is 17.4. The van der Waals surface area contributed by atoms with E-state index in [0.29, 0.717) is 12.0 Å². The van der Waals surface area contributed by atoms with Gasteiger partial charge in [-0.1, -0.05) is 63.6 Å². The number of hydrogen-bond acceptors (Lipinski definition) is 3. The van der Waals surface area contributed by atoms with Crippen molar-refractivity contribution in [1.29, 1.82) is 0 Å². The van der Waals surface area contributed by atoms with E-state index < -0.39 is 6.10 Å². The van der Waals surface area contributed by atoms with Gasteiger partial charge in [0, 0.05) is 16.5 Å². The van der Waals surface area contributed by atoms with Gasteiger partial charge in [-0.2, -0.15) is 0 Å². The van der Waals surface area contributed by atoms with Crippen LogP contribution in [0.5, 0.6) is 0 Å². The first-order valence-corrected chi connectivity index (χ1v) is 7.11. The Morgan fingerprint density at radius 3 is 2.50 bits per heavy atom. The lowest BCUT2D eigenvalue weighted by Gasteiger charge is -2.06. The highest BCUT2D eigenvalue weighted by Gasteiger charge is 2.29. The van der Waals surface area contributed by atoms with E-state index in [-0.39, 0.29) is 5.78 Å². The zero-order valence-corrected chi connectivity index (χ0v) is 12.2. The second-order valence-corrected chi connectivity index (χ2v) is 5.49. The van der Waals surface area contributed by atoms with Gasteiger partial charge in [-0.25, -0.2) is 0 Å². The molecule has 0 saturated heterocycles. The number of oxime groups is 1. The van der Waals surface area contributed by atoms with Crippen LogP contribution in [0.1, 0.15) is 22.3 Å². The molecule has 0 spiro atoms. The molecule has 1 atom stereocenters. The van der Waals surface area contributed by atoms with Crippen molar-refractivity contribution in [1.82, 2.24) is 0 Å². The summed E-state index contributed by atoms with van der Waals surface area (Å²) in [6.07, 6.45) is -0.00826. The zero-order valence-electron chi connectivity index (χ0n) is 10.6.